The van der Waals surface area contributed by atoms with E-state index < -0.39 is 5.97 Å². The highest BCUT2D eigenvalue weighted by Crippen LogP contribution is 2.34. The highest BCUT2D eigenvalue weighted by molar-refractivity contribution is 6.04. The summed E-state index contributed by atoms with van der Waals surface area (Å²) >= 11 is 0. The number of carboxylic acid groups (broad SMARTS) is 1. The molecule has 0 spiro atoms. The second-order valence-electron chi connectivity index (χ2n) is 4.77. The van der Waals surface area contributed by atoms with E-state index in [1.807, 2.05) is 0 Å². The second-order valence-corrected chi connectivity index (χ2v) is 4.77. The highest BCUT2D eigenvalue weighted by atomic mass is 16.7. The molecular formula is C16H12NO5-. The van der Waals surface area contributed by atoms with Crippen molar-refractivity contribution in [3.05, 3.63) is 53.6 Å². The molecule has 1 amide bonds. The number of carboxylic acids is 1. The van der Waals surface area contributed by atoms with Gasteiger partial charge in [0.25, 0.3) is 5.91 Å². The number of carbonyl (C=O) groups is 2. The summed E-state index contributed by atoms with van der Waals surface area (Å²) < 4.78 is 10.4. The van der Waals surface area contributed by atoms with Gasteiger partial charge in [-0.2, -0.15) is 0 Å². The molecule has 0 radical (unpaired) electrons. The number of carbonyl (C=O) groups excluding carboxylic acids is 2. The zero-order chi connectivity index (χ0) is 15.5. The number of anilines is 1. The first-order valence-electron chi connectivity index (χ1n) is 6.61. The van der Waals surface area contributed by atoms with E-state index in [4.69, 9.17) is 9.47 Å². The molecule has 6 heteroatoms. The lowest BCUT2D eigenvalue weighted by Gasteiger charge is -2.08. The van der Waals surface area contributed by atoms with Crippen molar-refractivity contribution in [2.24, 2.45) is 0 Å². The molecule has 0 fully saturated rings. The van der Waals surface area contributed by atoms with Crippen LogP contribution in [0.25, 0.3) is 0 Å². The molecule has 1 aliphatic rings. The molecule has 2 aromatic carbocycles. The van der Waals surface area contributed by atoms with E-state index in [1.54, 1.807) is 36.4 Å². The molecular weight excluding hydrogens is 286 g/mol. The standard InChI is InChI=1S/C16H13NO5/c18-15(19)7-10-2-1-3-11(6-10)16(20)17-12-4-5-13-14(8-12)22-9-21-13/h1-6,8H,7,9H2,(H,17,20)(H,18,19)/p-1. The summed E-state index contributed by atoms with van der Waals surface area (Å²) in [5.41, 5.74) is 1.45. The Labute approximate surface area is 126 Å². The average Bonchev–Trinajstić information content (AvgIpc) is 2.94. The molecule has 1 aliphatic heterocycles. The maximum absolute atomic E-state index is 12.2. The van der Waals surface area contributed by atoms with Gasteiger partial charge in [0.2, 0.25) is 6.79 Å². The molecule has 0 unspecified atom stereocenters. The number of fused-ring (bicyclic) bond motifs is 1. The van der Waals surface area contributed by atoms with Gasteiger partial charge in [0.1, 0.15) is 0 Å². The molecule has 0 aliphatic carbocycles. The summed E-state index contributed by atoms with van der Waals surface area (Å²) in [7, 11) is 0. The third-order valence-electron chi connectivity index (χ3n) is 3.17. The lowest BCUT2D eigenvalue weighted by molar-refractivity contribution is -0.304. The zero-order valence-corrected chi connectivity index (χ0v) is 11.5. The summed E-state index contributed by atoms with van der Waals surface area (Å²) in [6, 6.07) is 11.5. The molecule has 2 aromatic rings. The number of amides is 1. The van der Waals surface area contributed by atoms with Crippen molar-refractivity contribution in [2.75, 3.05) is 12.1 Å². The van der Waals surface area contributed by atoms with Crippen molar-refractivity contribution in [3.63, 3.8) is 0 Å². The van der Waals surface area contributed by atoms with Gasteiger partial charge in [0.05, 0.1) is 0 Å². The smallest absolute Gasteiger partial charge is 0.255 e. The normalized spacial score (nSPS) is 12.0. The fourth-order valence-corrected chi connectivity index (χ4v) is 2.17. The number of hydrogen-bond donors (Lipinski definition) is 1. The third-order valence-corrected chi connectivity index (χ3v) is 3.17. The fourth-order valence-electron chi connectivity index (χ4n) is 2.17. The number of nitrogens with one attached hydrogen (secondary N) is 1. The first kappa shape index (κ1) is 13.9. The monoisotopic (exact) mass is 298 g/mol. The van der Waals surface area contributed by atoms with Gasteiger partial charge in [-0.25, -0.2) is 0 Å². The molecule has 1 N–H and O–H groups in total. The molecule has 0 bridgehead atoms. The third kappa shape index (κ3) is 3.01. The number of rotatable bonds is 4. The van der Waals surface area contributed by atoms with Crippen LogP contribution in [-0.4, -0.2) is 18.7 Å². The maximum Gasteiger partial charge on any atom is 0.255 e. The minimum absolute atomic E-state index is 0.165. The summed E-state index contributed by atoms with van der Waals surface area (Å²) in [5.74, 6) is -0.315. The summed E-state index contributed by atoms with van der Waals surface area (Å²) in [6.07, 6.45) is -0.231. The molecule has 6 nitrogen and oxygen atoms in total. The van der Waals surface area contributed by atoms with Crippen molar-refractivity contribution in [2.45, 2.75) is 6.42 Å². The lowest BCUT2D eigenvalue weighted by atomic mass is 10.1. The molecule has 112 valence electrons. The fraction of sp³-hybridized carbons (Fsp3) is 0.125. The van der Waals surface area contributed by atoms with E-state index in [1.165, 1.54) is 6.07 Å². The first-order valence-corrected chi connectivity index (χ1v) is 6.61. The summed E-state index contributed by atoms with van der Waals surface area (Å²) in [6.45, 7) is 0.165. The Kier molecular flexibility index (Phi) is 3.65. The van der Waals surface area contributed by atoms with Crippen molar-refractivity contribution in [3.8, 4) is 11.5 Å². The Morgan fingerprint density at radius 2 is 1.91 bits per heavy atom. The topological polar surface area (TPSA) is 87.7 Å². The Balaban J connectivity index is 1.75. The predicted octanol–water partition coefficient (Wildman–Crippen LogP) is 0.960. The lowest BCUT2D eigenvalue weighted by Crippen LogP contribution is -2.24. The Morgan fingerprint density at radius 3 is 2.73 bits per heavy atom. The largest absolute Gasteiger partial charge is 0.550 e. The van der Waals surface area contributed by atoms with Gasteiger partial charge in [-0.15, -0.1) is 0 Å². The predicted molar refractivity (Wildman–Crippen MR) is 75.7 cm³/mol. The molecule has 0 atom stereocenters. The molecule has 22 heavy (non-hydrogen) atoms. The number of aliphatic carboxylic acids is 1. The van der Waals surface area contributed by atoms with Crippen LogP contribution in [0.3, 0.4) is 0 Å². The van der Waals surface area contributed by atoms with Crippen LogP contribution in [-0.2, 0) is 11.2 Å². The van der Waals surface area contributed by atoms with Crippen LogP contribution in [0, 0.1) is 0 Å². The number of hydrogen-bond acceptors (Lipinski definition) is 5. The average molecular weight is 298 g/mol. The van der Waals surface area contributed by atoms with Gasteiger partial charge in [0, 0.05) is 29.7 Å². The van der Waals surface area contributed by atoms with Gasteiger partial charge in [-0.1, -0.05) is 12.1 Å². The SMILES string of the molecule is O=C([O-])Cc1cccc(C(=O)Nc2ccc3c(c2)OCO3)c1. The van der Waals surface area contributed by atoms with Crippen molar-refractivity contribution >= 4 is 17.6 Å². The van der Waals surface area contributed by atoms with E-state index in [0.717, 1.165) is 0 Å². The van der Waals surface area contributed by atoms with Gasteiger partial charge >= 0.3 is 0 Å². The van der Waals surface area contributed by atoms with E-state index >= 15 is 0 Å². The first-order chi connectivity index (χ1) is 10.6. The van der Waals surface area contributed by atoms with Crippen LogP contribution in [0.15, 0.2) is 42.5 Å². The Bertz CT molecular complexity index is 741. The molecule has 1 heterocycles. The van der Waals surface area contributed by atoms with Gasteiger partial charge in [-0.05, 0) is 29.8 Å². The van der Waals surface area contributed by atoms with E-state index in [9.17, 15) is 14.7 Å². The molecule has 3 rings (SSSR count). The number of benzene rings is 2. The second kappa shape index (κ2) is 5.77. The van der Waals surface area contributed by atoms with Gasteiger partial charge in [-0.3, -0.25) is 4.79 Å². The van der Waals surface area contributed by atoms with Crippen molar-refractivity contribution in [1.29, 1.82) is 0 Å². The van der Waals surface area contributed by atoms with Crippen LogP contribution < -0.4 is 19.9 Å². The summed E-state index contributed by atoms with van der Waals surface area (Å²) in [5, 5.41) is 13.3. The highest BCUT2D eigenvalue weighted by Gasteiger charge is 2.14. The van der Waals surface area contributed by atoms with Crippen molar-refractivity contribution < 1.29 is 24.2 Å². The van der Waals surface area contributed by atoms with Crippen LogP contribution in [0.5, 0.6) is 11.5 Å². The van der Waals surface area contributed by atoms with Crippen LogP contribution in [0.2, 0.25) is 0 Å². The van der Waals surface area contributed by atoms with E-state index in [0.29, 0.717) is 28.3 Å². The Hall–Kier alpha value is -3.02. The zero-order valence-electron chi connectivity index (χ0n) is 11.5. The van der Waals surface area contributed by atoms with Gasteiger partial charge < -0.3 is 24.7 Å². The molecule has 0 saturated heterocycles. The minimum atomic E-state index is -1.19. The van der Waals surface area contributed by atoms with Crippen molar-refractivity contribution in [1.82, 2.24) is 0 Å². The maximum atomic E-state index is 12.2. The molecule has 0 aromatic heterocycles. The van der Waals surface area contributed by atoms with Crippen LogP contribution in [0.4, 0.5) is 5.69 Å². The van der Waals surface area contributed by atoms with E-state index in [-0.39, 0.29) is 19.1 Å². The quantitative estimate of drug-likeness (QED) is 0.908. The number of ether oxygens (including phenoxy) is 2. The summed E-state index contributed by atoms with van der Waals surface area (Å²) in [4.78, 5) is 22.8. The minimum Gasteiger partial charge on any atom is -0.550 e. The van der Waals surface area contributed by atoms with Gasteiger partial charge in [0.15, 0.2) is 11.5 Å². The Morgan fingerprint density at radius 1 is 1.09 bits per heavy atom. The van der Waals surface area contributed by atoms with Crippen LogP contribution >= 0.6 is 0 Å². The van der Waals surface area contributed by atoms with E-state index in [2.05, 4.69) is 5.32 Å². The molecule has 0 saturated carbocycles. The van der Waals surface area contributed by atoms with Crippen LogP contribution in [0.1, 0.15) is 15.9 Å².